The van der Waals surface area contributed by atoms with Crippen LogP contribution in [0.25, 0.3) is 0 Å². The third-order valence-corrected chi connectivity index (χ3v) is 3.59. The number of hydrogen-bond donors (Lipinski definition) is 1. The lowest BCUT2D eigenvalue weighted by Crippen LogP contribution is -2.49. The van der Waals surface area contributed by atoms with Crippen molar-refractivity contribution in [3.8, 4) is 0 Å². The first-order valence-electron chi connectivity index (χ1n) is 7.10. The molecule has 20 heavy (non-hydrogen) atoms. The topological polar surface area (TPSA) is 69.6 Å². The molecule has 1 unspecified atom stereocenters. The highest BCUT2D eigenvalue weighted by molar-refractivity contribution is 5.85. The van der Waals surface area contributed by atoms with E-state index in [1.54, 1.807) is 23.4 Å². The van der Waals surface area contributed by atoms with Crippen molar-refractivity contribution < 1.29 is 9.90 Å². The highest BCUT2D eigenvalue weighted by Crippen LogP contribution is 2.24. The molecule has 110 valence electrons. The Bertz CT molecular complexity index is 438. The third-order valence-electron chi connectivity index (χ3n) is 3.59. The number of aromatic nitrogens is 2. The van der Waals surface area contributed by atoms with Crippen molar-refractivity contribution in [2.24, 2.45) is 0 Å². The second-order valence-corrected chi connectivity index (χ2v) is 5.25. The van der Waals surface area contributed by atoms with E-state index in [-0.39, 0.29) is 24.6 Å². The number of carbonyl (C=O) groups excluding carboxylic acids is 1. The van der Waals surface area contributed by atoms with E-state index in [0.29, 0.717) is 12.5 Å². The van der Waals surface area contributed by atoms with Gasteiger partial charge >= 0.3 is 0 Å². The van der Waals surface area contributed by atoms with Crippen molar-refractivity contribution in [3.05, 3.63) is 18.5 Å². The summed E-state index contributed by atoms with van der Waals surface area (Å²) in [4.78, 5) is 24.9. The SMILES string of the molecule is CC(C)N(CCO)C(=O)C1CCCN1c1ncccn1. The number of nitrogens with zero attached hydrogens (tertiary/aromatic N) is 4. The Morgan fingerprint density at radius 2 is 2.20 bits per heavy atom. The summed E-state index contributed by atoms with van der Waals surface area (Å²) in [6.45, 7) is 5.08. The Balaban J connectivity index is 2.16. The predicted octanol–water partition coefficient (Wildman–Crippen LogP) is 0.675. The second kappa shape index (κ2) is 6.65. The molecular weight excluding hydrogens is 256 g/mol. The Morgan fingerprint density at radius 3 is 2.80 bits per heavy atom. The van der Waals surface area contributed by atoms with E-state index in [9.17, 15) is 4.79 Å². The van der Waals surface area contributed by atoms with Crippen LogP contribution in [0.15, 0.2) is 18.5 Å². The molecule has 2 heterocycles. The second-order valence-electron chi connectivity index (χ2n) is 5.25. The van der Waals surface area contributed by atoms with Gasteiger partial charge in [0.25, 0.3) is 0 Å². The average molecular weight is 278 g/mol. The number of aliphatic hydroxyl groups excluding tert-OH is 1. The van der Waals surface area contributed by atoms with Crippen molar-refractivity contribution in [1.82, 2.24) is 14.9 Å². The number of anilines is 1. The first kappa shape index (κ1) is 14.7. The van der Waals surface area contributed by atoms with E-state index in [4.69, 9.17) is 5.11 Å². The van der Waals surface area contributed by atoms with E-state index < -0.39 is 0 Å². The Kier molecular flexibility index (Phi) is 4.89. The van der Waals surface area contributed by atoms with Crippen molar-refractivity contribution >= 4 is 11.9 Å². The third kappa shape index (κ3) is 3.07. The normalized spacial score (nSPS) is 18.6. The molecule has 2 rings (SSSR count). The van der Waals surface area contributed by atoms with Crippen molar-refractivity contribution in [1.29, 1.82) is 0 Å². The van der Waals surface area contributed by atoms with Crippen LogP contribution in [-0.4, -0.2) is 57.7 Å². The molecule has 0 saturated carbocycles. The Morgan fingerprint density at radius 1 is 1.50 bits per heavy atom. The lowest BCUT2D eigenvalue weighted by Gasteiger charge is -2.32. The summed E-state index contributed by atoms with van der Waals surface area (Å²) in [6, 6.07) is 1.63. The molecule has 1 atom stereocenters. The number of amides is 1. The van der Waals surface area contributed by atoms with E-state index in [1.807, 2.05) is 18.7 Å². The summed E-state index contributed by atoms with van der Waals surface area (Å²) in [5, 5.41) is 9.13. The molecule has 0 radical (unpaired) electrons. The number of carbonyl (C=O) groups is 1. The Labute approximate surface area is 119 Å². The monoisotopic (exact) mass is 278 g/mol. The number of hydrogen-bond acceptors (Lipinski definition) is 5. The smallest absolute Gasteiger partial charge is 0.245 e. The van der Waals surface area contributed by atoms with Gasteiger partial charge in [0.05, 0.1) is 6.61 Å². The molecule has 1 fully saturated rings. The fraction of sp³-hybridized carbons (Fsp3) is 0.643. The van der Waals surface area contributed by atoms with Gasteiger partial charge in [-0.05, 0) is 32.8 Å². The van der Waals surface area contributed by atoms with Gasteiger partial charge in [-0.2, -0.15) is 0 Å². The first-order chi connectivity index (χ1) is 9.65. The number of aliphatic hydroxyl groups is 1. The number of rotatable bonds is 5. The highest BCUT2D eigenvalue weighted by atomic mass is 16.3. The molecule has 1 aromatic heterocycles. The maximum Gasteiger partial charge on any atom is 0.245 e. The van der Waals surface area contributed by atoms with Crippen LogP contribution < -0.4 is 4.90 Å². The average Bonchev–Trinajstić information content (AvgIpc) is 2.94. The minimum atomic E-state index is -0.216. The standard InChI is InChI=1S/C14H22N4O2/c1-11(2)17(9-10-19)13(20)12-5-3-8-18(12)14-15-6-4-7-16-14/h4,6-7,11-12,19H,3,5,8-10H2,1-2H3. The van der Waals surface area contributed by atoms with E-state index in [1.165, 1.54) is 0 Å². The molecule has 0 aliphatic carbocycles. The quantitative estimate of drug-likeness (QED) is 0.857. The van der Waals surface area contributed by atoms with Gasteiger partial charge in [-0.25, -0.2) is 9.97 Å². The van der Waals surface area contributed by atoms with Crippen LogP contribution in [-0.2, 0) is 4.79 Å². The molecule has 0 spiro atoms. The summed E-state index contributed by atoms with van der Waals surface area (Å²) in [5.41, 5.74) is 0. The fourth-order valence-electron chi connectivity index (χ4n) is 2.62. The summed E-state index contributed by atoms with van der Waals surface area (Å²) < 4.78 is 0. The fourth-order valence-corrected chi connectivity index (χ4v) is 2.62. The van der Waals surface area contributed by atoms with Crippen molar-refractivity contribution in [3.63, 3.8) is 0 Å². The zero-order valence-corrected chi connectivity index (χ0v) is 12.1. The van der Waals surface area contributed by atoms with Gasteiger partial charge in [0, 0.05) is 31.5 Å². The van der Waals surface area contributed by atoms with E-state index in [2.05, 4.69) is 9.97 Å². The van der Waals surface area contributed by atoms with E-state index >= 15 is 0 Å². The van der Waals surface area contributed by atoms with Crippen LogP contribution in [0.1, 0.15) is 26.7 Å². The van der Waals surface area contributed by atoms with Gasteiger partial charge in [-0.15, -0.1) is 0 Å². The molecule has 6 nitrogen and oxygen atoms in total. The van der Waals surface area contributed by atoms with Gasteiger partial charge in [0.15, 0.2) is 0 Å². The summed E-state index contributed by atoms with van der Waals surface area (Å²) >= 11 is 0. The Hall–Kier alpha value is -1.69. The molecule has 1 aliphatic heterocycles. The highest BCUT2D eigenvalue weighted by Gasteiger charge is 2.35. The van der Waals surface area contributed by atoms with Gasteiger partial charge < -0.3 is 14.9 Å². The van der Waals surface area contributed by atoms with Gasteiger partial charge in [0.2, 0.25) is 11.9 Å². The molecule has 1 aliphatic rings. The maximum absolute atomic E-state index is 12.7. The summed E-state index contributed by atoms with van der Waals surface area (Å²) in [5.74, 6) is 0.662. The largest absolute Gasteiger partial charge is 0.395 e. The summed E-state index contributed by atoms with van der Waals surface area (Å²) in [6.07, 6.45) is 5.15. The lowest BCUT2D eigenvalue weighted by molar-refractivity contribution is -0.134. The van der Waals surface area contributed by atoms with Crippen LogP contribution in [0.4, 0.5) is 5.95 Å². The van der Waals surface area contributed by atoms with Crippen LogP contribution in [0.2, 0.25) is 0 Å². The first-order valence-corrected chi connectivity index (χ1v) is 7.10. The minimum absolute atomic E-state index is 0.0154. The molecule has 6 heteroatoms. The lowest BCUT2D eigenvalue weighted by atomic mass is 10.1. The van der Waals surface area contributed by atoms with Crippen LogP contribution in [0, 0.1) is 0 Å². The zero-order chi connectivity index (χ0) is 14.5. The minimum Gasteiger partial charge on any atom is -0.395 e. The molecule has 1 saturated heterocycles. The van der Waals surface area contributed by atoms with Crippen molar-refractivity contribution in [2.75, 3.05) is 24.6 Å². The van der Waals surface area contributed by atoms with Gasteiger partial charge in [-0.1, -0.05) is 0 Å². The molecule has 1 aromatic rings. The molecule has 1 amide bonds. The van der Waals surface area contributed by atoms with E-state index in [0.717, 1.165) is 19.4 Å². The van der Waals surface area contributed by atoms with Gasteiger partial charge in [0.1, 0.15) is 6.04 Å². The van der Waals surface area contributed by atoms with Crippen LogP contribution in [0.3, 0.4) is 0 Å². The summed E-state index contributed by atoms with van der Waals surface area (Å²) in [7, 11) is 0. The zero-order valence-electron chi connectivity index (χ0n) is 12.1. The van der Waals surface area contributed by atoms with Gasteiger partial charge in [-0.3, -0.25) is 4.79 Å². The molecular formula is C14H22N4O2. The van der Waals surface area contributed by atoms with Crippen molar-refractivity contribution in [2.45, 2.75) is 38.8 Å². The van der Waals surface area contributed by atoms with Crippen LogP contribution in [0.5, 0.6) is 0 Å². The van der Waals surface area contributed by atoms with Crippen LogP contribution >= 0.6 is 0 Å². The molecule has 1 N–H and O–H groups in total. The maximum atomic E-state index is 12.7. The molecule has 0 aromatic carbocycles. The predicted molar refractivity (Wildman–Crippen MR) is 76.3 cm³/mol. The molecule has 0 bridgehead atoms.